The van der Waals surface area contributed by atoms with Crippen molar-refractivity contribution < 1.29 is 18.7 Å². The van der Waals surface area contributed by atoms with Gasteiger partial charge in [-0.25, -0.2) is 5.43 Å². The summed E-state index contributed by atoms with van der Waals surface area (Å²) < 4.78 is 17.1. The molecule has 1 heterocycles. The molecule has 0 spiro atoms. The molecule has 0 saturated carbocycles. The first-order valence-electron chi connectivity index (χ1n) is 7.61. The van der Waals surface area contributed by atoms with Crippen LogP contribution in [0.4, 0.5) is 0 Å². The van der Waals surface area contributed by atoms with Crippen LogP contribution in [0, 0.1) is 0 Å². The van der Waals surface area contributed by atoms with Gasteiger partial charge in [0.05, 0.1) is 30.2 Å². The fraction of sp³-hybridized carbons (Fsp3) is 0.294. The minimum absolute atomic E-state index is 0.201. The highest BCUT2D eigenvalue weighted by Crippen LogP contribution is 2.36. The van der Waals surface area contributed by atoms with E-state index in [9.17, 15) is 4.79 Å². The van der Waals surface area contributed by atoms with E-state index in [1.54, 1.807) is 12.1 Å². The first kappa shape index (κ1) is 18.1. The Hall–Kier alpha value is -2.28. The maximum atomic E-state index is 11.7. The molecular formula is C17H19BrN2O4. The van der Waals surface area contributed by atoms with Crippen LogP contribution < -0.4 is 14.9 Å². The second kappa shape index (κ2) is 9.12. The monoisotopic (exact) mass is 394 g/mol. The Bertz CT molecular complexity index is 699. The van der Waals surface area contributed by atoms with Crippen LogP contribution in [0.2, 0.25) is 0 Å². The fourth-order valence-corrected chi connectivity index (χ4v) is 2.47. The number of hydrazone groups is 1. The number of benzene rings is 1. The highest BCUT2D eigenvalue weighted by Gasteiger charge is 2.12. The summed E-state index contributed by atoms with van der Waals surface area (Å²) in [6.45, 7) is 5.06. The number of carbonyl (C=O) groups excluding carboxylic acids is 1. The van der Waals surface area contributed by atoms with Crippen LogP contribution in [0.3, 0.4) is 0 Å². The molecule has 0 atom stereocenters. The molecule has 0 bridgehead atoms. The fourth-order valence-electron chi connectivity index (χ4n) is 1.90. The third-order valence-corrected chi connectivity index (χ3v) is 3.50. The van der Waals surface area contributed by atoms with Crippen molar-refractivity contribution in [3.05, 3.63) is 46.3 Å². The largest absolute Gasteiger partial charge is 0.490 e. The Balaban J connectivity index is 2.12. The molecule has 1 amide bonds. The third kappa shape index (κ3) is 4.86. The first-order chi connectivity index (χ1) is 11.7. The standard InChI is InChI=1S/C17H19BrN2O4/c1-3-7-24-16-13(18)9-12(10-15(16)22-4-2)11-19-20-17(21)14-6-5-8-23-14/h5-6,8-11H,3-4,7H2,1-2H3,(H,20,21)/b19-11-. The Kier molecular flexibility index (Phi) is 6.87. The van der Waals surface area contributed by atoms with E-state index in [0.29, 0.717) is 24.7 Å². The van der Waals surface area contributed by atoms with E-state index in [1.807, 2.05) is 26.0 Å². The number of carbonyl (C=O) groups is 1. The Morgan fingerprint density at radius 1 is 1.38 bits per heavy atom. The molecular weight excluding hydrogens is 376 g/mol. The summed E-state index contributed by atoms with van der Waals surface area (Å²) in [4.78, 5) is 11.7. The maximum absolute atomic E-state index is 11.7. The zero-order chi connectivity index (χ0) is 17.4. The van der Waals surface area contributed by atoms with Crippen molar-refractivity contribution >= 4 is 28.1 Å². The summed E-state index contributed by atoms with van der Waals surface area (Å²) in [7, 11) is 0. The van der Waals surface area contributed by atoms with E-state index in [2.05, 4.69) is 26.5 Å². The molecule has 128 valence electrons. The minimum Gasteiger partial charge on any atom is -0.490 e. The molecule has 0 aliphatic heterocycles. The quantitative estimate of drug-likeness (QED) is 0.542. The van der Waals surface area contributed by atoms with Gasteiger partial charge in [0.25, 0.3) is 0 Å². The molecule has 0 radical (unpaired) electrons. The molecule has 7 heteroatoms. The molecule has 0 saturated heterocycles. The molecule has 24 heavy (non-hydrogen) atoms. The number of rotatable bonds is 8. The van der Waals surface area contributed by atoms with Gasteiger partial charge in [-0.3, -0.25) is 4.79 Å². The molecule has 0 unspecified atom stereocenters. The average Bonchev–Trinajstić information content (AvgIpc) is 3.09. The third-order valence-electron chi connectivity index (χ3n) is 2.91. The van der Waals surface area contributed by atoms with Crippen LogP contribution in [-0.2, 0) is 0 Å². The number of ether oxygens (including phenoxy) is 2. The highest BCUT2D eigenvalue weighted by atomic mass is 79.9. The lowest BCUT2D eigenvalue weighted by Crippen LogP contribution is -2.16. The van der Waals surface area contributed by atoms with Gasteiger partial charge in [0, 0.05) is 0 Å². The molecule has 2 rings (SSSR count). The molecule has 1 aromatic heterocycles. The van der Waals surface area contributed by atoms with Crippen LogP contribution in [0.1, 0.15) is 36.4 Å². The smallest absolute Gasteiger partial charge is 0.307 e. The van der Waals surface area contributed by atoms with Gasteiger partial charge in [-0.15, -0.1) is 0 Å². The van der Waals surface area contributed by atoms with Crippen molar-refractivity contribution in [3.8, 4) is 11.5 Å². The van der Waals surface area contributed by atoms with Crippen LogP contribution >= 0.6 is 15.9 Å². The van der Waals surface area contributed by atoms with Crippen LogP contribution in [0.5, 0.6) is 11.5 Å². The van der Waals surface area contributed by atoms with Crippen molar-refractivity contribution in [2.24, 2.45) is 5.10 Å². The van der Waals surface area contributed by atoms with Crippen molar-refractivity contribution in [2.45, 2.75) is 20.3 Å². The molecule has 0 aliphatic carbocycles. The molecule has 0 fully saturated rings. The van der Waals surface area contributed by atoms with E-state index >= 15 is 0 Å². The summed E-state index contributed by atoms with van der Waals surface area (Å²) in [5.74, 6) is 1.07. The van der Waals surface area contributed by atoms with E-state index in [1.165, 1.54) is 12.5 Å². The second-order valence-electron chi connectivity index (χ2n) is 4.79. The molecule has 2 aromatic rings. The summed E-state index contributed by atoms with van der Waals surface area (Å²) in [5, 5.41) is 3.93. The first-order valence-corrected chi connectivity index (χ1v) is 8.41. The van der Waals surface area contributed by atoms with E-state index in [0.717, 1.165) is 16.5 Å². The van der Waals surface area contributed by atoms with Crippen molar-refractivity contribution in [1.29, 1.82) is 0 Å². The summed E-state index contributed by atoms with van der Waals surface area (Å²) in [6, 6.07) is 6.85. The lowest BCUT2D eigenvalue weighted by molar-refractivity contribution is 0.0927. The lowest BCUT2D eigenvalue weighted by atomic mass is 10.2. The summed E-state index contributed by atoms with van der Waals surface area (Å²) in [6.07, 6.45) is 3.86. The SMILES string of the molecule is CCCOc1c(Br)cc(/C=N\NC(=O)c2ccco2)cc1OCC. The van der Waals surface area contributed by atoms with Gasteiger partial charge in [-0.1, -0.05) is 6.92 Å². The van der Waals surface area contributed by atoms with Crippen molar-refractivity contribution in [3.63, 3.8) is 0 Å². The minimum atomic E-state index is -0.414. The predicted octanol–water partition coefficient (Wildman–Crippen LogP) is 3.99. The van der Waals surface area contributed by atoms with E-state index < -0.39 is 5.91 Å². The number of hydrogen-bond donors (Lipinski definition) is 1. The van der Waals surface area contributed by atoms with Crippen LogP contribution in [0.15, 0.2) is 44.5 Å². The Morgan fingerprint density at radius 2 is 2.21 bits per heavy atom. The normalized spacial score (nSPS) is 10.8. The Morgan fingerprint density at radius 3 is 2.88 bits per heavy atom. The van der Waals surface area contributed by atoms with Gasteiger partial charge in [0.15, 0.2) is 17.3 Å². The second-order valence-corrected chi connectivity index (χ2v) is 5.64. The molecule has 0 aliphatic rings. The van der Waals surface area contributed by atoms with Gasteiger partial charge in [0.1, 0.15) is 0 Å². The van der Waals surface area contributed by atoms with Crippen LogP contribution in [0.25, 0.3) is 0 Å². The number of nitrogens with zero attached hydrogens (tertiary/aromatic N) is 1. The lowest BCUT2D eigenvalue weighted by Gasteiger charge is -2.14. The maximum Gasteiger partial charge on any atom is 0.307 e. The number of furan rings is 1. The Labute approximate surface area is 149 Å². The number of hydrogen-bond acceptors (Lipinski definition) is 5. The predicted molar refractivity (Wildman–Crippen MR) is 94.9 cm³/mol. The summed E-state index contributed by atoms with van der Waals surface area (Å²) in [5.41, 5.74) is 3.16. The van der Waals surface area contributed by atoms with Crippen LogP contribution in [-0.4, -0.2) is 25.3 Å². The number of nitrogens with one attached hydrogen (secondary N) is 1. The van der Waals surface area contributed by atoms with Crippen molar-refractivity contribution in [2.75, 3.05) is 13.2 Å². The average molecular weight is 395 g/mol. The molecule has 6 nitrogen and oxygen atoms in total. The zero-order valence-electron chi connectivity index (χ0n) is 13.5. The zero-order valence-corrected chi connectivity index (χ0v) is 15.1. The van der Waals surface area contributed by atoms with Gasteiger partial charge in [0.2, 0.25) is 0 Å². The van der Waals surface area contributed by atoms with Gasteiger partial charge in [-0.2, -0.15) is 5.10 Å². The highest BCUT2D eigenvalue weighted by molar-refractivity contribution is 9.10. The van der Waals surface area contributed by atoms with E-state index in [4.69, 9.17) is 13.9 Å². The van der Waals surface area contributed by atoms with Crippen molar-refractivity contribution in [1.82, 2.24) is 5.43 Å². The van der Waals surface area contributed by atoms with E-state index in [-0.39, 0.29) is 5.76 Å². The van der Waals surface area contributed by atoms with Gasteiger partial charge >= 0.3 is 5.91 Å². The summed E-state index contributed by atoms with van der Waals surface area (Å²) >= 11 is 3.48. The van der Waals surface area contributed by atoms with Gasteiger partial charge < -0.3 is 13.9 Å². The number of halogens is 1. The molecule has 1 aromatic carbocycles. The topological polar surface area (TPSA) is 73.1 Å². The van der Waals surface area contributed by atoms with Gasteiger partial charge in [-0.05, 0) is 59.1 Å². The number of amides is 1. The molecule has 1 N–H and O–H groups in total.